The SMILES string of the molecule is C=C[C@H](COC(C)=O)N(C(=O)OC(C)(C)C)S(=O)(=O)c1ccc(Br)cc1. The van der Waals surface area contributed by atoms with E-state index < -0.39 is 33.7 Å². The number of ether oxygens (including phenoxy) is 2. The minimum atomic E-state index is -4.27. The Balaban J connectivity index is 3.37. The molecule has 1 amide bonds. The van der Waals surface area contributed by atoms with E-state index in [9.17, 15) is 18.0 Å². The number of hydrogen-bond donors (Lipinski definition) is 0. The number of carbonyl (C=O) groups excluding carboxylic acids is 2. The molecule has 9 heteroatoms. The molecule has 0 aromatic heterocycles. The molecule has 0 heterocycles. The van der Waals surface area contributed by atoms with Crippen LogP contribution in [0.15, 0.2) is 46.3 Å². The van der Waals surface area contributed by atoms with Crippen LogP contribution in [0.1, 0.15) is 27.7 Å². The van der Waals surface area contributed by atoms with E-state index >= 15 is 0 Å². The highest BCUT2D eigenvalue weighted by Crippen LogP contribution is 2.24. The van der Waals surface area contributed by atoms with Crippen molar-refractivity contribution in [1.82, 2.24) is 4.31 Å². The van der Waals surface area contributed by atoms with E-state index in [1.54, 1.807) is 20.8 Å². The molecule has 0 aliphatic rings. The van der Waals surface area contributed by atoms with Gasteiger partial charge in [0.1, 0.15) is 18.2 Å². The summed E-state index contributed by atoms with van der Waals surface area (Å²) in [7, 11) is -4.27. The Labute approximate surface area is 162 Å². The summed E-state index contributed by atoms with van der Waals surface area (Å²) in [5.41, 5.74) is -0.919. The van der Waals surface area contributed by atoms with Crippen molar-refractivity contribution < 1.29 is 27.5 Å². The summed E-state index contributed by atoms with van der Waals surface area (Å²) in [6, 6.07) is 4.65. The van der Waals surface area contributed by atoms with Gasteiger partial charge in [-0.3, -0.25) is 4.79 Å². The minimum absolute atomic E-state index is 0.110. The number of nitrogens with zero attached hydrogens (tertiary/aromatic N) is 1. The van der Waals surface area contributed by atoms with Crippen LogP contribution in [-0.2, 0) is 24.3 Å². The van der Waals surface area contributed by atoms with Crippen LogP contribution in [0.4, 0.5) is 4.79 Å². The van der Waals surface area contributed by atoms with Gasteiger partial charge in [-0.1, -0.05) is 22.0 Å². The molecule has 0 unspecified atom stereocenters. The molecule has 1 aromatic carbocycles. The quantitative estimate of drug-likeness (QED) is 0.489. The second-order valence-electron chi connectivity index (χ2n) is 6.34. The largest absolute Gasteiger partial charge is 0.463 e. The van der Waals surface area contributed by atoms with Gasteiger partial charge in [0.15, 0.2) is 0 Å². The molecule has 0 fully saturated rings. The van der Waals surface area contributed by atoms with Crippen molar-refractivity contribution in [3.8, 4) is 0 Å². The Morgan fingerprint density at radius 3 is 2.23 bits per heavy atom. The number of benzene rings is 1. The highest BCUT2D eigenvalue weighted by molar-refractivity contribution is 9.10. The first-order valence-corrected chi connectivity index (χ1v) is 9.90. The summed E-state index contributed by atoms with van der Waals surface area (Å²) in [5.74, 6) is -0.609. The van der Waals surface area contributed by atoms with Crippen LogP contribution in [0.25, 0.3) is 0 Å². The van der Waals surface area contributed by atoms with Crippen LogP contribution in [0.2, 0.25) is 0 Å². The fourth-order valence-corrected chi connectivity index (χ4v) is 3.58. The molecule has 26 heavy (non-hydrogen) atoms. The second kappa shape index (κ2) is 8.68. The van der Waals surface area contributed by atoms with Gasteiger partial charge in [0.2, 0.25) is 0 Å². The van der Waals surface area contributed by atoms with E-state index in [4.69, 9.17) is 9.47 Å². The van der Waals surface area contributed by atoms with E-state index in [-0.39, 0.29) is 11.5 Å². The van der Waals surface area contributed by atoms with Crippen LogP contribution in [0.3, 0.4) is 0 Å². The van der Waals surface area contributed by atoms with Crippen LogP contribution in [-0.4, -0.2) is 43.0 Å². The standard InChI is InChI=1S/C17H22BrNO6S/c1-6-14(11-24-12(2)20)19(16(21)25-17(3,4)5)26(22,23)15-9-7-13(18)8-10-15/h6-10,14H,1,11H2,2-5H3/t14-/m1/s1. The third-order valence-electron chi connectivity index (χ3n) is 2.97. The van der Waals surface area contributed by atoms with Gasteiger partial charge in [-0.2, -0.15) is 4.31 Å². The van der Waals surface area contributed by atoms with E-state index in [1.807, 2.05) is 0 Å². The molecule has 0 spiro atoms. The Hall–Kier alpha value is -1.87. The first-order chi connectivity index (χ1) is 11.9. The van der Waals surface area contributed by atoms with Gasteiger partial charge in [-0.15, -0.1) is 6.58 Å². The van der Waals surface area contributed by atoms with Crippen molar-refractivity contribution >= 4 is 38.0 Å². The highest BCUT2D eigenvalue weighted by Gasteiger charge is 2.38. The van der Waals surface area contributed by atoms with Gasteiger partial charge >= 0.3 is 12.1 Å². The van der Waals surface area contributed by atoms with E-state index in [2.05, 4.69) is 22.5 Å². The second-order valence-corrected chi connectivity index (χ2v) is 9.07. The first-order valence-electron chi connectivity index (χ1n) is 7.67. The number of hydrogen-bond acceptors (Lipinski definition) is 6. The smallest absolute Gasteiger partial charge is 0.425 e. The van der Waals surface area contributed by atoms with Crippen molar-refractivity contribution in [3.63, 3.8) is 0 Å². The molecule has 0 aliphatic heterocycles. The third-order valence-corrected chi connectivity index (χ3v) is 5.31. The molecule has 0 radical (unpaired) electrons. The Morgan fingerprint density at radius 2 is 1.81 bits per heavy atom. The van der Waals surface area contributed by atoms with Crippen molar-refractivity contribution in [1.29, 1.82) is 0 Å². The predicted molar refractivity (Wildman–Crippen MR) is 100 cm³/mol. The van der Waals surface area contributed by atoms with Gasteiger partial charge in [-0.25, -0.2) is 13.2 Å². The lowest BCUT2D eigenvalue weighted by atomic mass is 10.2. The molecule has 1 aromatic rings. The number of amides is 1. The van der Waals surface area contributed by atoms with Gasteiger partial charge in [-0.05, 0) is 45.0 Å². The number of halogens is 1. The van der Waals surface area contributed by atoms with Crippen molar-refractivity contribution in [3.05, 3.63) is 41.4 Å². The summed E-state index contributed by atoms with van der Waals surface area (Å²) in [5, 5.41) is 0. The Morgan fingerprint density at radius 1 is 1.27 bits per heavy atom. The average Bonchev–Trinajstić information content (AvgIpc) is 2.49. The molecule has 1 atom stereocenters. The average molecular weight is 448 g/mol. The van der Waals surface area contributed by atoms with Gasteiger partial charge in [0, 0.05) is 11.4 Å². The lowest BCUT2D eigenvalue weighted by molar-refractivity contribution is -0.141. The Kier molecular flexibility index (Phi) is 7.40. The van der Waals surface area contributed by atoms with Gasteiger partial charge in [0.05, 0.1) is 4.90 Å². The highest BCUT2D eigenvalue weighted by atomic mass is 79.9. The maximum atomic E-state index is 13.0. The lowest BCUT2D eigenvalue weighted by Gasteiger charge is -2.31. The molecular weight excluding hydrogens is 426 g/mol. The maximum absolute atomic E-state index is 13.0. The lowest BCUT2D eigenvalue weighted by Crippen LogP contribution is -2.48. The summed E-state index contributed by atoms with van der Waals surface area (Å²) in [4.78, 5) is 23.6. The number of esters is 1. The molecule has 7 nitrogen and oxygen atoms in total. The van der Waals surface area contributed by atoms with Crippen LogP contribution in [0, 0.1) is 0 Å². The summed E-state index contributed by atoms with van der Waals surface area (Å²) in [6.07, 6.45) is 0.126. The zero-order valence-electron chi connectivity index (χ0n) is 15.1. The van der Waals surface area contributed by atoms with Crippen LogP contribution >= 0.6 is 15.9 Å². The number of carbonyl (C=O) groups is 2. The van der Waals surface area contributed by atoms with Crippen molar-refractivity contribution in [2.75, 3.05) is 6.61 Å². The summed E-state index contributed by atoms with van der Waals surface area (Å²) >= 11 is 3.23. The summed E-state index contributed by atoms with van der Waals surface area (Å²) < 4.78 is 37.4. The molecule has 0 N–H and O–H groups in total. The molecule has 144 valence electrons. The first kappa shape index (κ1) is 22.2. The molecule has 0 saturated heterocycles. The fraction of sp³-hybridized carbons (Fsp3) is 0.412. The Bertz CT molecular complexity index is 767. The van der Waals surface area contributed by atoms with E-state index in [0.29, 0.717) is 8.78 Å². The topological polar surface area (TPSA) is 90.0 Å². The zero-order valence-corrected chi connectivity index (χ0v) is 17.5. The molecule has 0 aliphatic carbocycles. The van der Waals surface area contributed by atoms with Gasteiger partial charge in [0.25, 0.3) is 10.0 Å². The molecular formula is C17H22BrNO6S. The molecule has 1 rings (SSSR count). The van der Waals surface area contributed by atoms with Crippen molar-refractivity contribution in [2.24, 2.45) is 0 Å². The summed E-state index contributed by atoms with van der Waals surface area (Å²) in [6.45, 7) is 9.21. The normalized spacial score (nSPS) is 12.8. The van der Waals surface area contributed by atoms with Crippen LogP contribution < -0.4 is 0 Å². The molecule has 0 saturated carbocycles. The minimum Gasteiger partial charge on any atom is -0.463 e. The predicted octanol–water partition coefficient (Wildman–Crippen LogP) is 3.49. The fourth-order valence-electron chi connectivity index (χ4n) is 1.87. The van der Waals surface area contributed by atoms with Crippen molar-refractivity contribution in [2.45, 2.75) is 44.2 Å². The maximum Gasteiger partial charge on any atom is 0.425 e. The van der Waals surface area contributed by atoms with Gasteiger partial charge < -0.3 is 9.47 Å². The van der Waals surface area contributed by atoms with Crippen LogP contribution in [0.5, 0.6) is 0 Å². The number of rotatable bonds is 6. The van der Waals surface area contributed by atoms with E-state index in [0.717, 1.165) is 0 Å². The third kappa shape index (κ3) is 6.14. The number of sulfonamides is 1. The monoisotopic (exact) mass is 447 g/mol. The van der Waals surface area contributed by atoms with E-state index in [1.165, 1.54) is 37.3 Å². The molecule has 0 bridgehead atoms. The zero-order chi connectivity index (χ0) is 20.1.